The highest BCUT2D eigenvalue weighted by Gasteiger charge is 2.14. The van der Waals surface area contributed by atoms with E-state index in [9.17, 15) is 0 Å². The van der Waals surface area contributed by atoms with Gasteiger partial charge < -0.3 is 10.6 Å². The Labute approximate surface area is 108 Å². The smallest absolute Gasteiger partial charge is 0.00891 e. The minimum absolute atomic E-state index is 0.865. The molecule has 0 unspecified atom stereocenters. The van der Waals surface area contributed by atoms with Gasteiger partial charge >= 0.3 is 0 Å². The first-order chi connectivity index (χ1) is 8.24. The van der Waals surface area contributed by atoms with Crippen LogP contribution in [0, 0.1) is 5.92 Å². The van der Waals surface area contributed by atoms with E-state index in [1.807, 2.05) is 0 Å². The summed E-state index contributed by atoms with van der Waals surface area (Å²) < 4.78 is 0. The molecule has 2 rings (SSSR count). The summed E-state index contributed by atoms with van der Waals surface area (Å²) in [6.45, 7) is 0.917. The van der Waals surface area contributed by atoms with Crippen LogP contribution in [0.25, 0.3) is 0 Å². The molecule has 0 saturated heterocycles. The van der Waals surface area contributed by atoms with Crippen LogP contribution in [0.15, 0.2) is 0 Å². The molecule has 0 aromatic carbocycles. The largest absolute Gasteiger partial charge is 0.330 e. The van der Waals surface area contributed by atoms with Crippen molar-refractivity contribution in [2.24, 2.45) is 11.7 Å². The van der Waals surface area contributed by atoms with Gasteiger partial charge in [0.1, 0.15) is 0 Å². The van der Waals surface area contributed by atoms with Crippen LogP contribution in [0.1, 0.15) is 64.2 Å². The molecule has 2 saturated carbocycles. The third-order valence-corrected chi connectivity index (χ3v) is 4.36. The molecule has 2 nitrogen and oxygen atoms in total. The van der Waals surface area contributed by atoms with Gasteiger partial charge in [-0.15, -0.1) is 0 Å². The summed E-state index contributed by atoms with van der Waals surface area (Å²) in [5.41, 5.74) is 5.50. The predicted octanol–water partition coefficient (Wildman–Crippen LogP) is 3.41. The number of nitrogens with two attached hydrogens (primary N) is 1. The zero-order valence-corrected chi connectivity index (χ0v) is 12.0. The van der Waals surface area contributed by atoms with Gasteiger partial charge in [0.2, 0.25) is 0 Å². The summed E-state index contributed by atoms with van der Waals surface area (Å²) in [6.07, 6.45) is 14.3. The van der Waals surface area contributed by atoms with E-state index < -0.39 is 0 Å². The van der Waals surface area contributed by atoms with Gasteiger partial charge in [-0.25, -0.2) is 0 Å². The predicted molar refractivity (Wildman–Crippen MR) is 76.2 cm³/mol. The van der Waals surface area contributed by atoms with E-state index in [-0.39, 0.29) is 0 Å². The van der Waals surface area contributed by atoms with Gasteiger partial charge in [0, 0.05) is 6.04 Å². The topological polar surface area (TPSA) is 29.3 Å². The maximum Gasteiger partial charge on any atom is 0.00891 e. The van der Waals surface area contributed by atoms with Crippen molar-refractivity contribution in [3.8, 4) is 0 Å². The Morgan fingerprint density at radius 2 is 1.29 bits per heavy atom. The summed E-state index contributed by atoms with van der Waals surface area (Å²) in [5.74, 6) is 0.865. The molecule has 102 valence electrons. The van der Waals surface area contributed by atoms with E-state index in [0.29, 0.717) is 0 Å². The molecule has 0 radical (unpaired) electrons. The molecule has 2 aliphatic rings. The molecule has 0 bridgehead atoms. The molecule has 0 aromatic rings. The van der Waals surface area contributed by atoms with Crippen molar-refractivity contribution in [3.05, 3.63) is 0 Å². The minimum atomic E-state index is 0.865. The molecular weight excluding hydrogens is 208 g/mol. The lowest BCUT2D eigenvalue weighted by atomic mass is 9.90. The Balaban J connectivity index is 0.000000171. The van der Waals surface area contributed by atoms with Gasteiger partial charge in [0.05, 0.1) is 0 Å². The van der Waals surface area contributed by atoms with Gasteiger partial charge in [-0.05, 0) is 52.2 Å². The van der Waals surface area contributed by atoms with E-state index in [4.69, 9.17) is 5.73 Å². The first-order valence-corrected chi connectivity index (χ1v) is 7.60. The lowest BCUT2D eigenvalue weighted by Gasteiger charge is -2.27. The number of hydrogen-bond donors (Lipinski definition) is 1. The highest BCUT2D eigenvalue weighted by atomic mass is 15.1. The standard InChI is InChI=1S/C8H17N.C7H15N/c1-9(2)8-6-4-3-5-7-8;8-6-7-4-2-1-3-5-7/h8H,3-7H2,1-2H3;7H,1-6,8H2. The zero-order valence-electron chi connectivity index (χ0n) is 12.0. The van der Waals surface area contributed by atoms with Crippen LogP contribution in [0.3, 0.4) is 0 Å². The van der Waals surface area contributed by atoms with E-state index in [1.54, 1.807) is 0 Å². The normalized spacial score (nSPS) is 23.3. The summed E-state index contributed by atoms with van der Waals surface area (Å²) in [4.78, 5) is 2.36. The SMILES string of the molecule is CN(C)C1CCCCC1.NCC1CCCCC1. The van der Waals surface area contributed by atoms with Crippen LogP contribution in [0.4, 0.5) is 0 Å². The second kappa shape index (κ2) is 8.93. The van der Waals surface area contributed by atoms with Crippen LogP contribution < -0.4 is 5.73 Å². The van der Waals surface area contributed by atoms with Crippen molar-refractivity contribution >= 4 is 0 Å². The molecule has 0 aliphatic heterocycles. The van der Waals surface area contributed by atoms with Crippen molar-refractivity contribution in [2.45, 2.75) is 70.3 Å². The van der Waals surface area contributed by atoms with E-state index in [2.05, 4.69) is 19.0 Å². The molecule has 2 aliphatic carbocycles. The average Bonchev–Trinajstić information content (AvgIpc) is 2.41. The second-order valence-corrected chi connectivity index (χ2v) is 6.00. The first-order valence-electron chi connectivity index (χ1n) is 7.60. The van der Waals surface area contributed by atoms with Gasteiger partial charge in [-0.3, -0.25) is 0 Å². The van der Waals surface area contributed by atoms with Crippen molar-refractivity contribution < 1.29 is 0 Å². The summed E-state index contributed by atoms with van der Waals surface area (Å²) in [6, 6.07) is 0.888. The lowest BCUT2D eigenvalue weighted by molar-refractivity contribution is 0.229. The molecule has 2 N–H and O–H groups in total. The second-order valence-electron chi connectivity index (χ2n) is 6.00. The number of hydrogen-bond acceptors (Lipinski definition) is 2. The van der Waals surface area contributed by atoms with Crippen LogP contribution >= 0.6 is 0 Å². The number of rotatable bonds is 2. The third kappa shape index (κ3) is 6.42. The Kier molecular flexibility index (Phi) is 7.87. The van der Waals surface area contributed by atoms with E-state index in [1.165, 1.54) is 64.2 Å². The van der Waals surface area contributed by atoms with E-state index >= 15 is 0 Å². The van der Waals surface area contributed by atoms with E-state index in [0.717, 1.165) is 18.5 Å². The highest BCUT2D eigenvalue weighted by molar-refractivity contribution is 4.70. The Bertz CT molecular complexity index is 168. The number of nitrogens with zero attached hydrogens (tertiary/aromatic N) is 1. The quantitative estimate of drug-likeness (QED) is 0.801. The van der Waals surface area contributed by atoms with Gasteiger partial charge in [0.25, 0.3) is 0 Å². The molecule has 0 heterocycles. The van der Waals surface area contributed by atoms with Crippen LogP contribution in [0.5, 0.6) is 0 Å². The molecule has 17 heavy (non-hydrogen) atoms. The van der Waals surface area contributed by atoms with Gasteiger partial charge in [-0.1, -0.05) is 38.5 Å². The Morgan fingerprint density at radius 3 is 1.59 bits per heavy atom. The lowest BCUT2D eigenvalue weighted by Crippen LogP contribution is -2.29. The van der Waals surface area contributed by atoms with Crippen LogP contribution in [-0.2, 0) is 0 Å². The molecule has 2 fully saturated rings. The van der Waals surface area contributed by atoms with Gasteiger partial charge in [-0.2, -0.15) is 0 Å². The van der Waals surface area contributed by atoms with Crippen LogP contribution in [0.2, 0.25) is 0 Å². The summed E-state index contributed by atoms with van der Waals surface area (Å²) in [7, 11) is 4.38. The Hall–Kier alpha value is -0.0800. The molecule has 0 spiro atoms. The fraction of sp³-hybridized carbons (Fsp3) is 1.00. The maximum absolute atomic E-state index is 5.50. The fourth-order valence-electron chi connectivity index (χ4n) is 3.02. The average molecular weight is 240 g/mol. The molecule has 0 atom stereocenters. The molecule has 2 heteroatoms. The zero-order chi connectivity index (χ0) is 12.5. The maximum atomic E-state index is 5.50. The van der Waals surface area contributed by atoms with Gasteiger partial charge in [0.15, 0.2) is 0 Å². The monoisotopic (exact) mass is 240 g/mol. The van der Waals surface area contributed by atoms with Crippen molar-refractivity contribution in [1.29, 1.82) is 0 Å². The van der Waals surface area contributed by atoms with Crippen molar-refractivity contribution in [1.82, 2.24) is 4.90 Å². The Morgan fingerprint density at radius 1 is 0.824 bits per heavy atom. The molecular formula is C15H32N2. The van der Waals surface area contributed by atoms with Crippen LogP contribution in [-0.4, -0.2) is 31.6 Å². The molecule has 0 amide bonds. The third-order valence-electron chi connectivity index (χ3n) is 4.36. The molecule has 0 aromatic heterocycles. The fourth-order valence-corrected chi connectivity index (χ4v) is 3.02. The first kappa shape index (κ1) is 15.0. The summed E-state index contributed by atoms with van der Waals surface area (Å²) >= 11 is 0. The minimum Gasteiger partial charge on any atom is -0.330 e. The highest BCUT2D eigenvalue weighted by Crippen LogP contribution is 2.22. The van der Waals surface area contributed by atoms with Crippen molar-refractivity contribution in [2.75, 3.05) is 20.6 Å². The summed E-state index contributed by atoms with van der Waals surface area (Å²) in [5, 5.41) is 0. The van der Waals surface area contributed by atoms with Crippen molar-refractivity contribution in [3.63, 3.8) is 0 Å².